The molecule has 2 aromatic carbocycles. The van der Waals surface area contributed by atoms with Crippen molar-refractivity contribution in [2.75, 3.05) is 64.2 Å². The van der Waals surface area contributed by atoms with Gasteiger partial charge in [-0.15, -0.1) is 0 Å². The summed E-state index contributed by atoms with van der Waals surface area (Å²) < 4.78 is 139. The van der Waals surface area contributed by atoms with Crippen LogP contribution in [0.3, 0.4) is 0 Å². The number of amides is 2. The molecule has 26 heteroatoms. The number of piperazine rings is 1. The maximum absolute atomic E-state index is 15.4. The minimum absolute atomic E-state index is 0.0116. The third-order valence-corrected chi connectivity index (χ3v) is 10.4. The molecule has 4 aromatic rings. The second-order valence-electron chi connectivity index (χ2n) is 14.7. The third-order valence-electron chi connectivity index (χ3n) is 10.4. The lowest BCUT2D eigenvalue weighted by molar-refractivity contribution is -0.193. The van der Waals surface area contributed by atoms with E-state index in [1.807, 2.05) is 4.90 Å². The predicted molar refractivity (Wildman–Crippen MR) is 205 cm³/mol. The van der Waals surface area contributed by atoms with E-state index in [9.17, 15) is 53.5 Å². The number of likely N-dealkylation sites (tertiary alicyclic amines) is 1. The molecule has 0 spiro atoms. The summed E-state index contributed by atoms with van der Waals surface area (Å²) in [5.74, 6) is -9.70. The Morgan fingerprint density at radius 3 is 2.00 bits per heavy atom. The Balaban J connectivity index is 0.000000492. The number of carboxylic acid groups (broad SMARTS) is 2. The maximum Gasteiger partial charge on any atom is 0.490 e. The number of aliphatic carboxylic acids is 2. The summed E-state index contributed by atoms with van der Waals surface area (Å²) in [4.78, 5) is 58.7. The molecule has 3 aliphatic rings. The number of nitrogens with one attached hydrogen (secondary N) is 2. The number of carbonyl (C=O) groups excluding carboxylic acids is 2. The van der Waals surface area contributed by atoms with Gasteiger partial charge in [0.2, 0.25) is 11.7 Å². The van der Waals surface area contributed by atoms with Gasteiger partial charge in [-0.1, -0.05) is 0 Å². The van der Waals surface area contributed by atoms with Crippen LogP contribution < -0.4 is 15.4 Å². The van der Waals surface area contributed by atoms with Gasteiger partial charge in [0, 0.05) is 62.3 Å². The molecule has 1 unspecified atom stereocenters. The van der Waals surface area contributed by atoms with Crippen LogP contribution >= 0.6 is 0 Å². The van der Waals surface area contributed by atoms with Crippen LogP contribution in [-0.2, 0) is 14.4 Å². The summed E-state index contributed by atoms with van der Waals surface area (Å²) in [5, 5.41) is 20.6. The first-order valence-corrected chi connectivity index (χ1v) is 19.5. The molecule has 354 valence electrons. The van der Waals surface area contributed by atoms with E-state index >= 15 is 4.39 Å². The predicted octanol–water partition coefficient (Wildman–Crippen LogP) is 6.03. The van der Waals surface area contributed by atoms with E-state index in [0.29, 0.717) is 32.1 Å². The monoisotopic (exact) mass is 940 g/mol. The lowest BCUT2D eigenvalue weighted by Crippen LogP contribution is -2.53. The summed E-state index contributed by atoms with van der Waals surface area (Å²) in [6, 6.07) is 6.01. The van der Waals surface area contributed by atoms with Gasteiger partial charge in [0.15, 0.2) is 23.0 Å². The number of hydrogen-bond donors (Lipinski definition) is 4. The van der Waals surface area contributed by atoms with Crippen molar-refractivity contribution in [1.82, 2.24) is 34.4 Å². The number of nitrogens with zero attached hydrogens (tertiary/aromatic N) is 6. The summed E-state index contributed by atoms with van der Waals surface area (Å²) in [7, 11) is 0. The van der Waals surface area contributed by atoms with Crippen molar-refractivity contribution in [2.24, 2.45) is 11.8 Å². The zero-order valence-electron chi connectivity index (χ0n) is 33.6. The molecule has 2 amide bonds. The zero-order chi connectivity index (χ0) is 47.8. The van der Waals surface area contributed by atoms with Crippen LogP contribution in [0.5, 0.6) is 5.75 Å². The number of imidazole rings is 1. The van der Waals surface area contributed by atoms with Gasteiger partial charge in [-0.3, -0.25) is 14.0 Å². The van der Waals surface area contributed by atoms with E-state index in [2.05, 4.69) is 30.2 Å². The lowest BCUT2D eigenvalue weighted by Gasteiger charge is -2.39. The van der Waals surface area contributed by atoms with Crippen molar-refractivity contribution in [3.05, 3.63) is 71.9 Å². The molecular weight excluding hydrogens is 901 g/mol. The molecule has 5 heterocycles. The molecule has 0 radical (unpaired) electrons. The SMILES string of the molecule is O=C(O)C(F)(F)F.O=C(O)C(F)(F)F.O=C(c1ccc(Nc2nccn3c(-c4ccc(OC(F)F)c(F)c4F)cnc23)cc1F)N1CCN(C(=O)C2CCN(CC3CCNC3)CC2)CC1. The van der Waals surface area contributed by atoms with Gasteiger partial charge >= 0.3 is 30.9 Å². The van der Waals surface area contributed by atoms with Crippen LogP contribution in [0.25, 0.3) is 16.9 Å². The Morgan fingerprint density at radius 2 is 1.45 bits per heavy atom. The van der Waals surface area contributed by atoms with Crippen LogP contribution in [0.4, 0.5) is 59.8 Å². The van der Waals surface area contributed by atoms with Crippen LogP contribution in [-0.4, -0.2) is 141 Å². The number of alkyl halides is 8. The summed E-state index contributed by atoms with van der Waals surface area (Å²) in [6.45, 7) is 3.13. The van der Waals surface area contributed by atoms with Gasteiger partial charge in [0.1, 0.15) is 5.82 Å². The summed E-state index contributed by atoms with van der Waals surface area (Å²) in [6.07, 6.45) is -3.24. The number of piperidine rings is 1. The van der Waals surface area contributed by atoms with Crippen molar-refractivity contribution in [3.8, 4) is 17.0 Å². The van der Waals surface area contributed by atoms with Crippen molar-refractivity contribution >= 4 is 40.9 Å². The molecule has 65 heavy (non-hydrogen) atoms. The Bertz CT molecular complexity index is 2300. The average Bonchev–Trinajstić information content (AvgIpc) is 3.93. The highest BCUT2D eigenvalue weighted by Crippen LogP contribution is 2.33. The van der Waals surface area contributed by atoms with Gasteiger partial charge < -0.3 is 40.3 Å². The average molecular weight is 941 g/mol. The quantitative estimate of drug-likeness (QED) is 0.143. The molecule has 15 nitrogen and oxygen atoms in total. The molecule has 2 aromatic heterocycles. The van der Waals surface area contributed by atoms with Gasteiger partial charge in [-0.2, -0.15) is 39.5 Å². The number of aromatic nitrogens is 3. The second kappa shape index (κ2) is 21.1. The maximum atomic E-state index is 15.4. The van der Waals surface area contributed by atoms with E-state index in [-0.39, 0.29) is 45.8 Å². The van der Waals surface area contributed by atoms with Crippen molar-refractivity contribution in [3.63, 3.8) is 0 Å². The van der Waals surface area contributed by atoms with E-state index in [1.165, 1.54) is 41.5 Å². The Labute approximate surface area is 360 Å². The number of carbonyl (C=O) groups is 4. The first-order valence-electron chi connectivity index (χ1n) is 19.5. The third kappa shape index (κ3) is 12.9. The number of halogens is 11. The number of hydrogen-bond acceptors (Lipinski definition) is 10. The number of rotatable bonds is 9. The Morgan fingerprint density at radius 1 is 0.831 bits per heavy atom. The molecular formula is C39H39F11N8O7. The van der Waals surface area contributed by atoms with Crippen molar-refractivity contribution < 1.29 is 82.4 Å². The van der Waals surface area contributed by atoms with Crippen molar-refractivity contribution in [2.45, 2.75) is 38.2 Å². The van der Waals surface area contributed by atoms with Crippen LogP contribution in [0, 0.1) is 29.3 Å². The fraction of sp³-hybridized carbons (Fsp3) is 0.436. The molecule has 0 aliphatic carbocycles. The summed E-state index contributed by atoms with van der Waals surface area (Å²) in [5.41, 5.74) is 0.159. The highest BCUT2D eigenvalue weighted by Gasteiger charge is 2.39. The molecule has 3 saturated heterocycles. The molecule has 3 fully saturated rings. The highest BCUT2D eigenvalue weighted by atomic mass is 19.4. The van der Waals surface area contributed by atoms with E-state index in [4.69, 9.17) is 19.8 Å². The second-order valence-corrected chi connectivity index (χ2v) is 14.7. The van der Waals surface area contributed by atoms with Gasteiger partial charge in [-0.05, 0) is 81.7 Å². The number of benzene rings is 2. The van der Waals surface area contributed by atoms with Crippen LogP contribution in [0.2, 0.25) is 0 Å². The lowest BCUT2D eigenvalue weighted by atomic mass is 9.94. The fourth-order valence-electron chi connectivity index (χ4n) is 7.18. The largest absolute Gasteiger partial charge is 0.490 e. The number of anilines is 2. The Hall–Kier alpha value is -6.31. The molecule has 0 bridgehead atoms. The van der Waals surface area contributed by atoms with Gasteiger partial charge in [0.25, 0.3) is 5.91 Å². The molecule has 0 saturated carbocycles. The zero-order valence-corrected chi connectivity index (χ0v) is 33.6. The van der Waals surface area contributed by atoms with Crippen LogP contribution in [0.1, 0.15) is 29.6 Å². The van der Waals surface area contributed by atoms with E-state index < -0.39 is 60.0 Å². The minimum atomic E-state index is -5.08. The van der Waals surface area contributed by atoms with Crippen molar-refractivity contribution in [1.29, 1.82) is 0 Å². The van der Waals surface area contributed by atoms with E-state index in [1.54, 1.807) is 4.90 Å². The Kier molecular flexibility index (Phi) is 16.2. The number of ether oxygens (including phenoxy) is 1. The number of carboxylic acids is 2. The molecule has 1 atom stereocenters. The normalized spacial score (nSPS) is 17.3. The van der Waals surface area contributed by atoms with E-state index in [0.717, 1.165) is 63.8 Å². The topological polar surface area (TPSA) is 182 Å². The van der Waals surface area contributed by atoms with Gasteiger partial charge in [-0.25, -0.2) is 28.3 Å². The number of fused-ring (bicyclic) bond motifs is 1. The first-order chi connectivity index (χ1) is 30.5. The molecule has 7 rings (SSSR count). The standard InChI is InChI=1S/C35H37F5N8O3.2C2HF3O2/c36-26-17-23(44-31-32-43-19-27(48(32)12-9-42-31)25-3-4-28(51-35(39)40)30(38)29(25)37)1-2-24(26)34(50)47-15-13-46(14-16-47)33(49)22-6-10-45(11-7-22)20-21-5-8-41-18-21;2*3-2(4,5)1(6)7/h1-4,9,12,17,19,21-22,35,41H,5-8,10-11,13-16,18,20H2,(H,42,44);2*(H,6,7). The fourth-order valence-corrected chi connectivity index (χ4v) is 7.18. The minimum Gasteiger partial charge on any atom is -0.475 e. The van der Waals surface area contributed by atoms with Crippen LogP contribution in [0.15, 0.2) is 48.9 Å². The summed E-state index contributed by atoms with van der Waals surface area (Å²) >= 11 is 0. The van der Waals surface area contributed by atoms with Gasteiger partial charge in [0.05, 0.1) is 17.5 Å². The molecule has 3 aliphatic heterocycles. The first kappa shape index (κ1) is 49.7. The highest BCUT2D eigenvalue weighted by molar-refractivity contribution is 5.95. The molecule has 4 N–H and O–H groups in total. The smallest absolute Gasteiger partial charge is 0.475 e.